The number of nitrogens with zero attached hydrogens (tertiary/aromatic N) is 5. The Hall–Kier alpha value is -3.04. The Balaban J connectivity index is 2.53. The number of nitro groups is 1. The molecule has 0 aliphatic carbocycles. The monoisotopic (exact) mass is 263 g/mol. The first-order valence-electron chi connectivity index (χ1n) is 5.07. The normalized spacial score (nSPS) is 10.2. The van der Waals surface area contributed by atoms with E-state index in [1.807, 2.05) is 0 Å². The Morgan fingerprint density at radius 1 is 1.53 bits per heavy atom. The highest BCUT2D eigenvalue weighted by atomic mass is 16.6. The van der Waals surface area contributed by atoms with Crippen LogP contribution < -0.4 is 11.1 Å². The molecule has 2 rings (SSSR count). The highest BCUT2D eigenvalue weighted by Gasteiger charge is 2.23. The van der Waals surface area contributed by atoms with E-state index in [4.69, 9.17) is 5.73 Å². The lowest BCUT2D eigenvalue weighted by molar-refractivity contribution is -0.384. The van der Waals surface area contributed by atoms with Crippen molar-refractivity contribution in [1.82, 2.24) is 25.1 Å². The van der Waals surface area contributed by atoms with Gasteiger partial charge in [-0.1, -0.05) is 0 Å². The molecule has 0 aromatic carbocycles. The fraction of sp³-hybridized carbons (Fsp3) is 0.111. The number of hydrogen-bond acceptors (Lipinski definition) is 7. The molecule has 19 heavy (non-hydrogen) atoms. The van der Waals surface area contributed by atoms with Gasteiger partial charge >= 0.3 is 5.69 Å². The Bertz CT molecular complexity index is 651. The summed E-state index contributed by atoms with van der Waals surface area (Å²) in [6, 6.07) is 1.40. The van der Waals surface area contributed by atoms with Crippen LogP contribution in [0.25, 0.3) is 5.82 Å². The van der Waals surface area contributed by atoms with Crippen LogP contribution in [-0.2, 0) is 0 Å². The molecule has 98 valence electrons. The predicted octanol–water partition coefficient (Wildman–Crippen LogP) is -0.488. The minimum atomic E-state index is -0.702. The average Bonchev–Trinajstić information content (AvgIpc) is 2.86. The topological polar surface area (TPSA) is 142 Å². The molecule has 0 bridgehead atoms. The third kappa shape index (κ3) is 2.18. The summed E-state index contributed by atoms with van der Waals surface area (Å²) < 4.78 is 1.10. The van der Waals surface area contributed by atoms with E-state index < -0.39 is 16.5 Å². The van der Waals surface area contributed by atoms with Crippen molar-refractivity contribution >= 4 is 17.4 Å². The van der Waals surface area contributed by atoms with Gasteiger partial charge < -0.3 is 11.1 Å². The molecular weight excluding hydrogens is 254 g/mol. The van der Waals surface area contributed by atoms with Crippen molar-refractivity contribution < 1.29 is 9.72 Å². The number of rotatable bonds is 3. The predicted molar refractivity (Wildman–Crippen MR) is 63.6 cm³/mol. The number of anilines is 1. The van der Waals surface area contributed by atoms with Gasteiger partial charge in [-0.2, -0.15) is 5.10 Å². The number of carbonyl (C=O) groups is 1. The number of nitrogen functional groups attached to an aromatic ring is 1. The van der Waals surface area contributed by atoms with Gasteiger partial charge in [0.05, 0.1) is 4.92 Å². The first kappa shape index (κ1) is 12.4. The molecule has 0 radical (unpaired) electrons. The Morgan fingerprint density at radius 2 is 2.26 bits per heavy atom. The summed E-state index contributed by atoms with van der Waals surface area (Å²) in [6.07, 6.45) is 2.46. The first-order chi connectivity index (χ1) is 9.04. The van der Waals surface area contributed by atoms with Crippen molar-refractivity contribution in [1.29, 1.82) is 0 Å². The second kappa shape index (κ2) is 4.68. The maximum absolute atomic E-state index is 11.4. The molecule has 10 heteroatoms. The fourth-order valence-electron chi connectivity index (χ4n) is 1.42. The maximum atomic E-state index is 11.4. The van der Waals surface area contributed by atoms with E-state index in [9.17, 15) is 14.9 Å². The van der Waals surface area contributed by atoms with E-state index in [0.717, 1.165) is 11.0 Å². The average molecular weight is 263 g/mol. The first-order valence-corrected chi connectivity index (χ1v) is 5.07. The van der Waals surface area contributed by atoms with Crippen LogP contribution in [-0.4, -0.2) is 37.6 Å². The number of nitrogens with two attached hydrogens (primary N) is 1. The highest BCUT2D eigenvalue weighted by molar-refractivity contribution is 5.91. The van der Waals surface area contributed by atoms with Gasteiger partial charge in [0.1, 0.15) is 6.33 Å². The lowest BCUT2D eigenvalue weighted by Gasteiger charge is -2.02. The summed E-state index contributed by atoms with van der Waals surface area (Å²) >= 11 is 0. The molecule has 2 aromatic heterocycles. The van der Waals surface area contributed by atoms with Gasteiger partial charge in [-0.25, -0.2) is 14.6 Å². The van der Waals surface area contributed by atoms with Crippen LogP contribution >= 0.6 is 0 Å². The lowest BCUT2D eigenvalue weighted by atomic mass is 10.4. The smallest absolute Gasteiger partial charge is 0.355 e. The third-order valence-electron chi connectivity index (χ3n) is 2.28. The molecule has 0 aliphatic heterocycles. The van der Waals surface area contributed by atoms with Crippen LogP contribution in [0.2, 0.25) is 0 Å². The van der Waals surface area contributed by atoms with Crippen molar-refractivity contribution in [2.24, 2.45) is 0 Å². The van der Waals surface area contributed by atoms with Crippen LogP contribution in [0.5, 0.6) is 0 Å². The molecule has 2 aromatic rings. The molecule has 10 nitrogen and oxygen atoms in total. The zero-order valence-corrected chi connectivity index (χ0v) is 9.77. The molecule has 0 atom stereocenters. The van der Waals surface area contributed by atoms with E-state index in [0.29, 0.717) is 0 Å². The van der Waals surface area contributed by atoms with Gasteiger partial charge in [0.25, 0.3) is 5.91 Å². The largest absolute Gasteiger partial charge is 0.378 e. The second-order valence-electron chi connectivity index (χ2n) is 3.41. The minimum absolute atomic E-state index is 0.104. The van der Waals surface area contributed by atoms with Crippen molar-refractivity contribution in [2.75, 3.05) is 12.8 Å². The van der Waals surface area contributed by atoms with Crippen LogP contribution in [0.15, 0.2) is 18.6 Å². The number of hydrogen-bond donors (Lipinski definition) is 2. The summed E-state index contributed by atoms with van der Waals surface area (Å²) in [6.45, 7) is 0. The van der Waals surface area contributed by atoms with E-state index in [1.165, 1.54) is 19.3 Å². The van der Waals surface area contributed by atoms with E-state index in [-0.39, 0.29) is 17.3 Å². The van der Waals surface area contributed by atoms with Crippen molar-refractivity contribution in [3.05, 3.63) is 34.4 Å². The number of aromatic nitrogens is 4. The zero-order chi connectivity index (χ0) is 14.0. The molecule has 2 heterocycles. The Morgan fingerprint density at radius 3 is 2.89 bits per heavy atom. The number of amides is 1. The molecule has 0 unspecified atom stereocenters. The summed E-state index contributed by atoms with van der Waals surface area (Å²) in [4.78, 5) is 28.9. The number of carbonyl (C=O) groups excluding carboxylic acids is 1. The van der Waals surface area contributed by atoms with E-state index in [1.54, 1.807) is 0 Å². The molecule has 0 spiro atoms. The highest BCUT2D eigenvalue weighted by Crippen LogP contribution is 2.24. The van der Waals surface area contributed by atoms with Crippen LogP contribution in [0.3, 0.4) is 0 Å². The summed E-state index contributed by atoms with van der Waals surface area (Å²) in [5.41, 5.74) is 5.08. The fourth-order valence-corrected chi connectivity index (χ4v) is 1.42. The molecule has 3 N–H and O–H groups in total. The van der Waals surface area contributed by atoms with Gasteiger partial charge in [0, 0.05) is 13.2 Å². The second-order valence-corrected chi connectivity index (χ2v) is 3.41. The van der Waals surface area contributed by atoms with E-state index in [2.05, 4.69) is 20.4 Å². The zero-order valence-electron chi connectivity index (χ0n) is 9.77. The molecule has 0 aliphatic rings. The van der Waals surface area contributed by atoms with Crippen LogP contribution in [0.4, 0.5) is 11.5 Å². The summed E-state index contributed by atoms with van der Waals surface area (Å²) in [7, 11) is 1.45. The molecule has 1 amide bonds. The van der Waals surface area contributed by atoms with Crippen molar-refractivity contribution in [3.63, 3.8) is 0 Å². The molecule has 0 saturated heterocycles. The third-order valence-corrected chi connectivity index (χ3v) is 2.28. The van der Waals surface area contributed by atoms with Crippen molar-refractivity contribution in [3.8, 4) is 5.82 Å². The lowest BCUT2D eigenvalue weighted by Crippen LogP contribution is -2.18. The van der Waals surface area contributed by atoms with Gasteiger partial charge in [-0.3, -0.25) is 14.9 Å². The standard InChI is InChI=1S/C9H9N7O3/c1-11-9(17)5-2-3-15(14-5)8-6(16(18)19)7(10)12-4-13-8/h2-4H,1H3,(H,11,17)(H2,10,12,13). The Labute approximate surface area is 106 Å². The molecular formula is C9H9N7O3. The van der Waals surface area contributed by atoms with E-state index >= 15 is 0 Å². The number of nitrogens with one attached hydrogen (secondary N) is 1. The summed E-state index contributed by atoms with van der Waals surface area (Å²) in [5.74, 6) is -0.789. The van der Waals surface area contributed by atoms with Crippen molar-refractivity contribution in [2.45, 2.75) is 0 Å². The van der Waals surface area contributed by atoms with Crippen LogP contribution in [0.1, 0.15) is 10.5 Å². The van der Waals surface area contributed by atoms with Gasteiger partial charge in [0.15, 0.2) is 5.69 Å². The summed E-state index contributed by atoms with van der Waals surface area (Å²) in [5, 5.41) is 17.2. The Kier molecular flexibility index (Phi) is 3.06. The van der Waals surface area contributed by atoms with Gasteiger partial charge in [0.2, 0.25) is 11.6 Å². The molecule has 0 saturated carbocycles. The maximum Gasteiger partial charge on any atom is 0.355 e. The van der Waals surface area contributed by atoms with Gasteiger partial charge in [-0.15, -0.1) is 0 Å². The van der Waals surface area contributed by atoms with Crippen LogP contribution in [0, 0.1) is 10.1 Å². The SMILES string of the molecule is CNC(=O)c1ccn(-c2ncnc(N)c2[N+](=O)[O-])n1. The van der Waals surface area contributed by atoms with Gasteiger partial charge in [-0.05, 0) is 6.07 Å². The quantitative estimate of drug-likeness (QED) is 0.562. The molecule has 0 fully saturated rings. The minimum Gasteiger partial charge on any atom is -0.378 e.